The molecule has 1 aromatic heterocycles. The molecule has 2 aromatic carbocycles. The first-order valence-corrected chi connectivity index (χ1v) is 17.6. The normalized spacial score (nSPS) is 72.5. The Hall–Kier alpha value is -2.23. The molecule has 0 saturated carbocycles. The molecule has 3 aromatic rings. The van der Waals surface area contributed by atoms with Crippen LogP contribution in [0.2, 0.25) is 43.3 Å². The zero-order valence-corrected chi connectivity index (χ0v) is 17.1. The van der Waals surface area contributed by atoms with Crippen molar-refractivity contribution < 1.29 is 11.4 Å². The van der Waals surface area contributed by atoms with Gasteiger partial charge in [-0.15, -0.1) is 0 Å². The minimum absolute atomic E-state index is 0.142. The molecule has 1 spiro atoms. The van der Waals surface area contributed by atoms with Crippen LogP contribution in [0.5, 0.6) is 0 Å². The van der Waals surface area contributed by atoms with E-state index >= 15 is 0 Å². The van der Waals surface area contributed by atoms with Crippen LogP contribution in [0.1, 0.15) is 5.69 Å². The van der Waals surface area contributed by atoms with E-state index in [-0.39, 0.29) is 10.6 Å². The number of hydrogen-bond acceptors (Lipinski definition) is 3. The number of aromatic nitrogens is 1. The van der Waals surface area contributed by atoms with Crippen LogP contribution in [0.4, 0.5) is 5.69 Å². The van der Waals surface area contributed by atoms with Crippen molar-refractivity contribution in [3.63, 3.8) is 0 Å². The molecule has 0 N–H and O–H groups in total. The van der Waals surface area contributed by atoms with Gasteiger partial charge in [-0.05, 0) is 0 Å². The van der Waals surface area contributed by atoms with Crippen molar-refractivity contribution in [2.75, 3.05) is 0 Å². The summed E-state index contributed by atoms with van der Waals surface area (Å²) < 4.78 is 0.700. The maximum absolute atomic E-state index is 11.1. The van der Waals surface area contributed by atoms with Gasteiger partial charge in [0.15, 0.2) is 0 Å². The molecule has 10 aliphatic rings. The van der Waals surface area contributed by atoms with Crippen LogP contribution in [0.3, 0.4) is 0 Å². The van der Waals surface area contributed by atoms with Crippen LogP contribution < -0.4 is 0 Å². The van der Waals surface area contributed by atoms with Gasteiger partial charge in [0.05, 0.1) is 0 Å². The van der Waals surface area contributed by atoms with E-state index in [0.717, 1.165) is 22.0 Å². The summed E-state index contributed by atoms with van der Waals surface area (Å²) in [6.45, 7) is -3.17. The predicted octanol–water partition coefficient (Wildman–Crippen LogP) is 6.61. The molecule has 4 unspecified atom stereocenters. The fraction of sp³-hybridized carbons (Fsp3) is 0.400. The van der Waals surface area contributed by atoms with Gasteiger partial charge in [0.2, 0.25) is 0 Å². The summed E-state index contributed by atoms with van der Waals surface area (Å²) >= 11 is 0. The number of benzene rings is 2. The molecule has 148 valence electrons. The Labute approximate surface area is 162 Å². The summed E-state index contributed by atoms with van der Waals surface area (Å²) in [5.74, 6) is 0. The van der Waals surface area contributed by atoms with Gasteiger partial charge in [-0.25, -0.2) is 0 Å². The van der Waals surface area contributed by atoms with Crippen LogP contribution in [0.25, 0.3) is 22.0 Å². The van der Waals surface area contributed by atoms with Gasteiger partial charge >= 0.3 is 162 Å². The van der Waals surface area contributed by atoms with E-state index in [1.165, 1.54) is 49.0 Å². The van der Waals surface area contributed by atoms with Crippen LogP contribution in [0, 0.1) is 10.1 Å². The Balaban J connectivity index is 1.03. The summed E-state index contributed by atoms with van der Waals surface area (Å²) in [6, 6.07) is 18.1. The Morgan fingerprint density at radius 3 is 2.13 bits per heavy atom. The molecule has 0 aliphatic carbocycles. The molecular weight excluding hydrogens is 416 g/mol. The number of nitrogens with zero attached hydrogens (tertiary/aromatic N) is 2. The van der Waals surface area contributed by atoms with Gasteiger partial charge < -0.3 is 0 Å². The Morgan fingerprint density at radius 1 is 0.833 bits per heavy atom. The average molecular weight is 434 g/mol. The molecule has 13 rings (SSSR count). The van der Waals surface area contributed by atoms with Crippen molar-refractivity contribution in [2.45, 2.75) is 47.7 Å². The predicted molar refractivity (Wildman–Crippen MR) is 109 cm³/mol. The number of fused-ring (bicyclic) bond motifs is 11. The number of pyridine rings is 1. The molecule has 10 aliphatic heterocycles. The molecule has 0 radical (unpaired) electrons. The second kappa shape index (κ2) is 1.56. The van der Waals surface area contributed by atoms with Crippen molar-refractivity contribution in [3.05, 3.63) is 70.4 Å². The number of non-ortho nitro benzene ring substituents is 1. The van der Waals surface area contributed by atoms with E-state index in [9.17, 15) is 10.1 Å². The van der Waals surface area contributed by atoms with E-state index in [4.69, 9.17) is 4.98 Å². The van der Waals surface area contributed by atoms with Crippen molar-refractivity contribution in [2.24, 2.45) is 0 Å². The van der Waals surface area contributed by atoms with Crippen molar-refractivity contribution in [1.29, 1.82) is 0 Å². The monoisotopic (exact) mass is 434 g/mol. The Bertz CT molecular complexity index is 1860. The summed E-state index contributed by atoms with van der Waals surface area (Å²) in [4.78, 5) is 27.9. The fourth-order valence-corrected chi connectivity index (χ4v) is 93.2. The average Bonchev–Trinajstić information content (AvgIpc) is 3.71. The van der Waals surface area contributed by atoms with E-state index in [2.05, 4.69) is 30.3 Å². The van der Waals surface area contributed by atoms with Gasteiger partial charge in [-0.1, -0.05) is 0 Å². The quantitative estimate of drug-likeness (QED) is 0.265. The van der Waals surface area contributed by atoms with Crippen LogP contribution >= 0.6 is 0 Å². The zero-order chi connectivity index (χ0) is 19.1. The summed E-state index contributed by atoms with van der Waals surface area (Å²) in [5, 5.41) is 12.3. The van der Waals surface area contributed by atoms with Gasteiger partial charge in [0, 0.05) is 0 Å². The maximum atomic E-state index is 11.1. The van der Waals surface area contributed by atoms with Crippen LogP contribution in [-0.2, 0) is 10.8 Å². The van der Waals surface area contributed by atoms with E-state index < -0.39 is 6.51 Å². The molecular formula is C25H18FeN2O2. The summed E-state index contributed by atoms with van der Waals surface area (Å²) in [6.07, 6.45) is 0. The summed E-state index contributed by atoms with van der Waals surface area (Å²) in [5.41, 5.74) is 4.72. The molecule has 4 atom stereocenters. The number of nitro groups is 1. The standard InChI is InChI=1S/C20H13N2O2.C5H5.Fe/c23-22(24)18-7-3-6-15(13-18)16-8-10-20-17(12-16)9-11-19(21-20)14-4-1-2-5-14;1-2-4-5-3-1;/h1-13H;1-5H;. The molecule has 5 heteroatoms. The third-order valence-electron chi connectivity index (χ3n) is 18.1. The zero-order valence-electron chi connectivity index (χ0n) is 16.0. The van der Waals surface area contributed by atoms with E-state index in [1.807, 2.05) is 6.07 Å². The first-order chi connectivity index (χ1) is 14.4. The molecule has 0 amide bonds. The van der Waals surface area contributed by atoms with E-state index in [0.29, 0.717) is 4.31 Å². The van der Waals surface area contributed by atoms with E-state index in [1.54, 1.807) is 18.2 Å². The first kappa shape index (κ1) is 12.6. The molecule has 10 saturated heterocycles. The van der Waals surface area contributed by atoms with Gasteiger partial charge in [0.25, 0.3) is 0 Å². The van der Waals surface area contributed by atoms with Crippen molar-refractivity contribution in [1.82, 2.24) is 4.98 Å². The Morgan fingerprint density at radius 2 is 1.53 bits per heavy atom. The van der Waals surface area contributed by atoms with Gasteiger partial charge in [0.1, 0.15) is 0 Å². The van der Waals surface area contributed by atoms with Gasteiger partial charge in [-0.3, -0.25) is 0 Å². The molecule has 30 heavy (non-hydrogen) atoms. The molecule has 4 nitrogen and oxygen atoms in total. The van der Waals surface area contributed by atoms with Gasteiger partial charge in [-0.2, -0.15) is 0 Å². The third-order valence-corrected chi connectivity index (χ3v) is 60.5. The molecule has 11 heterocycles. The molecule has 0 bridgehead atoms. The SMILES string of the molecule is O=[N+]([O-])c1cccc(-c2ccc3nc([C]45[CH]6[CH]7[CH]8[CH]4[Fe]786549%10%11[CH]5[CH]4[CH]9[CH]%10[CH]5%11)ccc3c2)c1. The second-order valence-electron chi connectivity index (χ2n) is 14.1. The minimum atomic E-state index is -3.17. The summed E-state index contributed by atoms with van der Waals surface area (Å²) in [7, 11) is 0. The Kier molecular flexibility index (Phi) is 0.654. The number of nitro benzene ring substituents is 1. The fourth-order valence-electron chi connectivity index (χ4n) is 19.2. The van der Waals surface area contributed by atoms with Crippen LogP contribution in [-0.4, -0.2) is 9.91 Å². The molecule has 10 fully saturated rings. The third kappa shape index (κ3) is 0.240. The van der Waals surface area contributed by atoms with Crippen molar-refractivity contribution >= 4 is 16.6 Å². The van der Waals surface area contributed by atoms with Crippen LogP contribution in [0.15, 0.2) is 54.6 Å². The number of hydrogen-bond donors (Lipinski definition) is 0. The number of rotatable bonds is 3. The first-order valence-electron chi connectivity index (χ1n) is 11.3. The topological polar surface area (TPSA) is 56.0 Å². The second-order valence-corrected chi connectivity index (χ2v) is 37.6. The van der Waals surface area contributed by atoms with Crippen molar-refractivity contribution in [3.8, 4) is 11.1 Å².